The van der Waals surface area contributed by atoms with Crippen molar-refractivity contribution in [3.05, 3.63) is 120 Å². The van der Waals surface area contributed by atoms with E-state index in [-0.39, 0.29) is 6.61 Å². The summed E-state index contributed by atoms with van der Waals surface area (Å²) < 4.78 is 17.9. The number of methoxy groups -OCH3 is 1. The maximum Gasteiger partial charge on any atom is 0.338 e. The number of hydrogen-bond acceptors (Lipinski definition) is 5. The van der Waals surface area contributed by atoms with Crippen molar-refractivity contribution in [2.24, 2.45) is 0 Å². The standard InChI is InChI=1S/C35H35NO4/c1-35(2,3)40-34(37)33(32(24-12-6-5-7-13-24)36-27-18-20-28(38-4)21-19-27)39-23-31-29-16-10-8-14-25(29)22-26-15-9-11-17-30(26)31/h5-22,32-33,36H,23H2,1-4H3/t32-,33-/m0/s1. The fraction of sp³-hybridized carbons (Fsp3) is 0.229. The van der Waals surface area contributed by atoms with Crippen molar-refractivity contribution in [1.82, 2.24) is 0 Å². The summed E-state index contributed by atoms with van der Waals surface area (Å²) in [5.74, 6) is 0.330. The molecule has 5 aromatic carbocycles. The molecule has 40 heavy (non-hydrogen) atoms. The van der Waals surface area contributed by atoms with E-state index in [1.807, 2.05) is 99.6 Å². The van der Waals surface area contributed by atoms with Crippen LogP contribution in [0.4, 0.5) is 5.69 Å². The van der Waals surface area contributed by atoms with Crippen LogP contribution in [0.3, 0.4) is 0 Å². The van der Waals surface area contributed by atoms with E-state index in [2.05, 4.69) is 35.6 Å². The second-order valence-electron chi connectivity index (χ2n) is 10.8. The van der Waals surface area contributed by atoms with Crippen LogP contribution in [0.2, 0.25) is 0 Å². The van der Waals surface area contributed by atoms with Crippen LogP contribution in [-0.4, -0.2) is 24.8 Å². The van der Waals surface area contributed by atoms with E-state index < -0.39 is 23.7 Å². The molecule has 0 aliphatic rings. The van der Waals surface area contributed by atoms with Crippen molar-refractivity contribution < 1.29 is 19.0 Å². The van der Waals surface area contributed by atoms with Crippen molar-refractivity contribution >= 4 is 33.2 Å². The third kappa shape index (κ3) is 6.27. The number of carbonyl (C=O) groups is 1. The molecular weight excluding hydrogens is 498 g/mol. The van der Waals surface area contributed by atoms with Crippen LogP contribution in [0.25, 0.3) is 21.5 Å². The number of ether oxygens (including phenoxy) is 3. The van der Waals surface area contributed by atoms with Gasteiger partial charge in [0.2, 0.25) is 0 Å². The highest BCUT2D eigenvalue weighted by atomic mass is 16.6. The lowest BCUT2D eigenvalue weighted by Crippen LogP contribution is -2.40. The predicted molar refractivity (Wildman–Crippen MR) is 162 cm³/mol. The molecule has 204 valence electrons. The first kappa shape index (κ1) is 27.2. The Morgan fingerprint density at radius 1 is 0.775 bits per heavy atom. The lowest BCUT2D eigenvalue weighted by molar-refractivity contribution is -0.170. The zero-order valence-electron chi connectivity index (χ0n) is 23.4. The minimum Gasteiger partial charge on any atom is -0.497 e. The summed E-state index contributed by atoms with van der Waals surface area (Å²) in [6.07, 6.45) is -0.929. The lowest BCUT2D eigenvalue weighted by atomic mass is 9.97. The molecule has 0 heterocycles. The molecule has 5 aromatic rings. The average Bonchev–Trinajstić information content (AvgIpc) is 2.96. The predicted octanol–water partition coefficient (Wildman–Crippen LogP) is 8.08. The largest absolute Gasteiger partial charge is 0.497 e. The molecule has 0 aliphatic carbocycles. The van der Waals surface area contributed by atoms with Crippen LogP contribution in [0.5, 0.6) is 5.75 Å². The van der Waals surface area contributed by atoms with Gasteiger partial charge in [-0.1, -0.05) is 78.9 Å². The number of rotatable bonds is 9. The van der Waals surface area contributed by atoms with Crippen LogP contribution in [0.1, 0.15) is 37.9 Å². The van der Waals surface area contributed by atoms with E-state index in [4.69, 9.17) is 14.2 Å². The third-order valence-electron chi connectivity index (χ3n) is 6.80. The summed E-state index contributed by atoms with van der Waals surface area (Å²) in [5, 5.41) is 8.00. The fourth-order valence-corrected chi connectivity index (χ4v) is 4.96. The van der Waals surface area contributed by atoms with Crippen molar-refractivity contribution in [3.63, 3.8) is 0 Å². The molecule has 0 saturated carbocycles. The number of esters is 1. The summed E-state index contributed by atoms with van der Waals surface area (Å²) in [5.41, 5.74) is 2.12. The van der Waals surface area contributed by atoms with Crippen molar-refractivity contribution in [1.29, 1.82) is 0 Å². The van der Waals surface area contributed by atoms with Gasteiger partial charge < -0.3 is 19.5 Å². The Bertz CT molecular complexity index is 1540. The molecular formula is C35H35NO4. The third-order valence-corrected chi connectivity index (χ3v) is 6.80. The fourth-order valence-electron chi connectivity index (χ4n) is 4.96. The van der Waals surface area contributed by atoms with Gasteiger partial charge in [-0.25, -0.2) is 4.79 Å². The molecule has 0 fully saturated rings. The minimum atomic E-state index is -0.929. The number of fused-ring (bicyclic) bond motifs is 2. The minimum absolute atomic E-state index is 0.236. The topological polar surface area (TPSA) is 56.8 Å². The lowest BCUT2D eigenvalue weighted by Gasteiger charge is -2.31. The second-order valence-corrected chi connectivity index (χ2v) is 10.8. The van der Waals surface area contributed by atoms with Gasteiger partial charge in [-0.2, -0.15) is 0 Å². The summed E-state index contributed by atoms with van der Waals surface area (Å²) in [6, 6.07) is 35.7. The SMILES string of the molecule is COc1ccc(N[C@@H](c2ccccc2)[C@H](OCc2c3ccccc3cc3ccccc23)C(=O)OC(C)(C)C)cc1. The normalized spacial score (nSPS) is 13.1. The monoisotopic (exact) mass is 533 g/mol. The molecule has 0 bridgehead atoms. The first-order valence-corrected chi connectivity index (χ1v) is 13.5. The molecule has 5 rings (SSSR count). The summed E-state index contributed by atoms with van der Waals surface area (Å²) in [6.45, 7) is 5.84. The molecule has 0 aromatic heterocycles. The number of carbonyl (C=O) groups excluding carboxylic acids is 1. The molecule has 1 N–H and O–H groups in total. The van der Waals surface area contributed by atoms with E-state index in [0.717, 1.165) is 44.1 Å². The Morgan fingerprint density at radius 3 is 1.93 bits per heavy atom. The zero-order chi connectivity index (χ0) is 28.1. The highest BCUT2D eigenvalue weighted by Gasteiger charge is 2.35. The molecule has 0 aliphatic heterocycles. The number of anilines is 1. The molecule has 0 amide bonds. The quantitative estimate of drug-likeness (QED) is 0.153. The Balaban J connectivity index is 1.56. The average molecular weight is 534 g/mol. The highest BCUT2D eigenvalue weighted by molar-refractivity contribution is 6.02. The Hall–Kier alpha value is -4.35. The van der Waals surface area contributed by atoms with E-state index in [9.17, 15) is 4.79 Å². The van der Waals surface area contributed by atoms with Crippen LogP contribution in [0.15, 0.2) is 109 Å². The van der Waals surface area contributed by atoms with Gasteiger partial charge in [0.05, 0.1) is 19.8 Å². The van der Waals surface area contributed by atoms with E-state index in [1.165, 1.54) is 0 Å². The smallest absolute Gasteiger partial charge is 0.338 e. The van der Waals surface area contributed by atoms with Gasteiger partial charge in [0.1, 0.15) is 11.4 Å². The van der Waals surface area contributed by atoms with Crippen LogP contribution < -0.4 is 10.1 Å². The number of hydrogen-bond donors (Lipinski definition) is 1. The second kappa shape index (κ2) is 11.8. The summed E-state index contributed by atoms with van der Waals surface area (Å²) in [4.78, 5) is 13.8. The first-order chi connectivity index (χ1) is 19.3. The zero-order valence-corrected chi connectivity index (χ0v) is 23.4. The first-order valence-electron chi connectivity index (χ1n) is 13.5. The summed E-state index contributed by atoms with van der Waals surface area (Å²) >= 11 is 0. The van der Waals surface area contributed by atoms with Gasteiger partial charge in [0, 0.05) is 5.69 Å². The van der Waals surface area contributed by atoms with Gasteiger partial charge >= 0.3 is 5.97 Å². The van der Waals surface area contributed by atoms with Crippen LogP contribution in [0, 0.1) is 0 Å². The Kier molecular flexibility index (Phi) is 8.04. The van der Waals surface area contributed by atoms with Gasteiger partial charge in [0.15, 0.2) is 6.10 Å². The summed E-state index contributed by atoms with van der Waals surface area (Å²) in [7, 11) is 1.64. The van der Waals surface area contributed by atoms with E-state index in [1.54, 1.807) is 7.11 Å². The molecule has 5 nitrogen and oxygen atoms in total. The van der Waals surface area contributed by atoms with Gasteiger partial charge in [-0.05, 0) is 83.8 Å². The maximum atomic E-state index is 13.8. The van der Waals surface area contributed by atoms with Gasteiger partial charge in [-0.15, -0.1) is 0 Å². The van der Waals surface area contributed by atoms with E-state index in [0.29, 0.717) is 0 Å². The van der Waals surface area contributed by atoms with Crippen molar-refractivity contribution in [3.8, 4) is 5.75 Å². The Morgan fingerprint density at radius 2 is 1.35 bits per heavy atom. The molecule has 5 heteroatoms. The van der Waals surface area contributed by atoms with Crippen LogP contribution in [-0.2, 0) is 20.9 Å². The van der Waals surface area contributed by atoms with E-state index >= 15 is 0 Å². The number of benzene rings is 5. The van der Waals surface area contributed by atoms with Gasteiger partial charge in [-0.3, -0.25) is 0 Å². The van der Waals surface area contributed by atoms with Crippen molar-refractivity contribution in [2.45, 2.75) is 45.1 Å². The number of nitrogens with one attached hydrogen (secondary N) is 1. The maximum absolute atomic E-state index is 13.8. The highest BCUT2D eigenvalue weighted by Crippen LogP contribution is 2.32. The molecule has 0 spiro atoms. The Labute approximate surface area is 235 Å². The van der Waals surface area contributed by atoms with Crippen LogP contribution >= 0.6 is 0 Å². The van der Waals surface area contributed by atoms with Gasteiger partial charge in [0.25, 0.3) is 0 Å². The molecule has 0 saturated heterocycles. The molecule has 0 unspecified atom stereocenters. The van der Waals surface area contributed by atoms with Crippen molar-refractivity contribution in [2.75, 3.05) is 12.4 Å². The molecule has 2 atom stereocenters. The molecule has 0 radical (unpaired) electrons.